The van der Waals surface area contributed by atoms with E-state index in [4.69, 9.17) is 0 Å². The number of aliphatic hydroxyl groups is 1. The van der Waals surface area contributed by atoms with Gasteiger partial charge in [0.1, 0.15) is 6.10 Å². The molecule has 1 rings (SSSR count). The number of hydrogen-bond acceptors (Lipinski definition) is 2. The second kappa shape index (κ2) is 6.53. The van der Waals surface area contributed by atoms with Crippen LogP contribution in [0.3, 0.4) is 0 Å². The van der Waals surface area contributed by atoms with Crippen molar-refractivity contribution in [3.05, 3.63) is 0 Å². The molecule has 0 aliphatic heterocycles. The van der Waals surface area contributed by atoms with Crippen LogP contribution >= 0.6 is 0 Å². The summed E-state index contributed by atoms with van der Waals surface area (Å²) in [6.07, 6.45) is 4.22. The first-order chi connectivity index (χ1) is 7.99. The van der Waals surface area contributed by atoms with E-state index >= 15 is 0 Å². The Bertz CT molecular complexity index is 235. The Morgan fingerprint density at radius 2 is 1.59 bits per heavy atom. The van der Waals surface area contributed by atoms with Gasteiger partial charge in [-0.1, -0.05) is 40.5 Å². The molecule has 0 heterocycles. The van der Waals surface area contributed by atoms with E-state index in [-0.39, 0.29) is 17.6 Å². The molecule has 0 amide bonds. The standard InChI is InChI=1S/C15H28O2/c1-5-12(6-2)14(16)15(17)13-8-10(3)7-11(4)9-13/h10-14,16H,5-9H2,1-4H3. The zero-order chi connectivity index (χ0) is 13.0. The van der Waals surface area contributed by atoms with E-state index < -0.39 is 6.10 Å². The van der Waals surface area contributed by atoms with Gasteiger partial charge in [0.15, 0.2) is 5.78 Å². The minimum Gasteiger partial charge on any atom is -0.385 e. The van der Waals surface area contributed by atoms with Crippen LogP contribution in [0.1, 0.15) is 59.8 Å². The van der Waals surface area contributed by atoms with Crippen LogP contribution in [0.25, 0.3) is 0 Å². The first kappa shape index (κ1) is 14.7. The SMILES string of the molecule is CCC(CC)C(O)C(=O)C1CC(C)CC(C)C1. The summed E-state index contributed by atoms with van der Waals surface area (Å²) in [6.45, 7) is 8.55. The highest BCUT2D eigenvalue weighted by Crippen LogP contribution is 2.34. The van der Waals surface area contributed by atoms with Crippen molar-refractivity contribution in [2.75, 3.05) is 0 Å². The lowest BCUT2D eigenvalue weighted by molar-refractivity contribution is -0.136. The van der Waals surface area contributed by atoms with E-state index in [0.29, 0.717) is 11.8 Å². The Morgan fingerprint density at radius 1 is 1.12 bits per heavy atom. The second-order valence-corrected chi connectivity index (χ2v) is 6.04. The maximum Gasteiger partial charge on any atom is 0.164 e. The Kier molecular flexibility index (Phi) is 5.64. The molecule has 17 heavy (non-hydrogen) atoms. The summed E-state index contributed by atoms with van der Waals surface area (Å²) in [5, 5.41) is 10.2. The molecule has 3 unspecified atom stereocenters. The summed E-state index contributed by atoms with van der Waals surface area (Å²) < 4.78 is 0. The summed E-state index contributed by atoms with van der Waals surface area (Å²) in [4.78, 5) is 12.3. The van der Waals surface area contributed by atoms with Crippen LogP contribution in [-0.4, -0.2) is 17.0 Å². The highest BCUT2D eigenvalue weighted by atomic mass is 16.3. The molecule has 0 saturated heterocycles. The summed E-state index contributed by atoms with van der Waals surface area (Å²) in [5.41, 5.74) is 0. The van der Waals surface area contributed by atoms with Gasteiger partial charge < -0.3 is 5.11 Å². The zero-order valence-corrected chi connectivity index (χ0v) is 11.8. The predicted octanol–water partition coefficient (Wildman–Crippen LogP) is 3.42. The first-order valence-electron chi connectivity index (χ1n) is 7.21. The number of hydrogen-bond donors (Lipinski definition) is 1. The quantitative estimate of drug-likeness (QED) is 0.799. The Hall–Kier alpha value is -0.370. The van der Waals surface area contributed by atoms with E-state index in [1.54, 1.807) is 0 Å². The number of aliphatic hydroxyl groups excluding tert-OH is 1. The van der Waals surface area contributed by atoms with Crippen molar-refractivity contribution in [1.82, 2.24) is 0 Å². The Labute approximate surface area is 106 Å². The molecule has 100 valence electrons. The van der Waals surface area contributed by atoms with Crippen molar-refractivity contribution in [3.63, 3.8) is 0 Å². The molecule has 1 aliphatic carbocycles. The topological polar surface area (TPSA) is 37.3 Å². The van der Waals surface area contributed by atoms with Gasteiger partial charge >= 0.3 is 0 Å². The molecular weight excluding hydrogens is 212 g/mol. The number of ketones is 1. The molecule has 1 aliphatic rings. The van der Waals surface area contributed by atoms with Gasteiger partial charge in [-0.2, -0.15) is 0 Å². The molecule has 1 saturated carbocycles. The number of rotatable bonds is 5. The highest BCUT2D eigenvalue weighted by Gasteiger charge is 2.34. The lowest BCUT2D eigenvalue weighted by atomic mass is 9.73. The average Bonchev–Trinajstić information content (AvgIpc) is 2.28. The summed E-state index contributed by atoms with van der Waals surface area (Å²) in [6, 6.07) is 0. The van der Waals surface area contributed by atoms with Crippen molar-refractivity contribution in [3.8, 4) is 0 Å². The smallest absolute Gasteiger partial charge is 0.164 e. The average molecular weight is 240 g/mol. The Balaban J connectivity index is 2.62. The zero-order valence-electron chi connectivity index (χ0n) is 11.8. The van der Waals surface area contributed by atoms with Gasteiger partial charge in [-0.25, -0.2) is 0 Å². The first-order valence-corrected chi connectivity index (χ1v) is 7.21. The fraction of sp³-hybridized carbons (Fsp3) is 0.933. The normalized spacial score (nSPS) is 31.5. The molecule has 0 aromatic heterocycles. The van der Waals surface area contributed by atoms with E-state index in [1.807, 2.05) is 0 Å². The molecule has 0 spiro atoms. The van der Waals surface area contributed by atoms with Gasteiger partial charge in [-0.3, -0.25) is 4.79 Å². The Morgan fingerprint density at radius 3 is 2.00 bits per heavy atom. The van der Waals surface area contributed by atoms with Gasteiger partial charge in [-0.15, -0.1) is 0 Å². The molecule has 1 fully saturated rings. The third kappa shape index (κ3) is 3.80. The third-order valence-electron chi connectivity index (χ3n) is 4.37. The minimum absolute atomic E-state index is 0.101. The fourth-order valence-corrected chi connectivity index (χ4v) is 3.39. The van der Waals surface area contributed by atoms with Crippen LogP contribution in [0.2, 0.25) is 0 Å². The largest absolute Gasteiger partial charge is 0.385 e. The van der Waals surface area contributed by atoms with Crippen LogP contribution in [0.4, 0.5) is 0 Å². The molecule has 2 nitrogen and oxygen atoms in total. The van der Waals surface area contributed by atoms with Crippen molar-refractivity contribution in [2.24, 2.45) is 23.7 Å². The van der Waals surface area contributed by atoms with Gasteiger partial charge in [0.2, 0.25) is 0 Å². The molecule has 2 heteroatoms. The third-order valence-corrected chi connectivity index (χ3v) is 4.37. The van der Waals surface area contributed by atoms with Crippen molar-refractivity contribution in [1.29, 1.82) is 0 Å². The number of carbonyl (C=O) groups is 1. The molecular formula is C15H28O2. The second-order valence-electron chi connectivity index (χ2n) is 6.04. The minimum atomic E-state index is -0.729. The molecule has 0 bridgehead atoms. The van der Waals surface area contributed by atoms with Crippen molar-refractivity contribution in [2.45, 2.75) is 65.9 Å². The highest BCUT2D eigenvalue weighted by molar-refractivity contribution is 5.85. The monoisotopic (exact) mass is 240 g/mol. The summed E-state index contributed by atoms with van der Waals surface area (Å²) in [5.74, 6) is 1.61. The van der Waals surface area contributed by atoms with Crippen molar-refractivity contribution < 1.29 is 9.90 Å². The van der Waals surface area contributed by atoms with E-state index in [2.05, 4.69) is 27.7 Å². The maximum absolute atomic E-state index is 12.3. The van der Waals surface area contributed by atoms with Gasteiger partial charge in [0, 0.05) is 5.92 Å². The van der Waals surface area contributed by atoms with Gasteiger partial charge in [-0.05, 0) is 37.0 Å². The summed E-state index contributed by atoms with van der Waals surface area (Å²) >= 11 is 0. The fourth-order valence-electron chi connectivity index (χ4n) is 3.39. The lowest BCUT2D eigenvalue weighted by Gasteiger charge is -2.32. The molecule has 0 aromatic rings. The number of Topliss-reactive ketones (excluding diaryl/α,β-unsaturated/α-hetero) is 1. The van der Waals surface area contributed by atoms with E-state index in [9.17, 15) is 9.90 Å². The maximum atomic E-state index is 12.3. The molecule has 1 N–H and O–H groups in total. The van der Waals surface area contributed by atoms with Crippen molar-refractivity contribution >= 4 is 5.78 Å². The molecule has 3 atom stereocenters. The van der Waals surface area contributed by atoms with Crippen LogP contribution in [0.5, 0.6) is 0 Å². The molecule has 0 radical (unpaired) electrons. The van der Waals surface area contributed by atoms with Crippen LogP contribution < -0.4 is 0 Å². The van der Waals surface area contributed by atoms with E-state index in [1.165, 1.54) is 6.42 Å². The van der Waals surface area contributed by atoms with Gasteiger partial charge in [0.05, 0.1) is 0 Å². The molecule has 0 aromatic carbocycles. The van der Waals surface area contributed by atoms with E-state index in [0.717, 1.165) is 25.7 Å². The van der Waals surface area contributed by atoms with Crippen LogP contribution in [0, 0.1) is 23.7 Å². The van der Waals surface area contributed by atoms with Crippen LogP contribution in [-0.2, 0) is 4.79 Å². The number of carbonyl (C=O) groups excluding carboxylic acids is 1. The predicted molar refractivity (Wildman–Crippen MR) is 70.8 cm³/mol. The van der Waals surface area contributed by atoms with Gasteiger partial charge in [0.25, 0.3) is 0 Å². The van der Waals surface area contributed by atoms with Crippen LogP contribution in [0.15, 0.2) is 0 Å². The lowest BCUT2D eigenvalue weighted by Crippen LogP contribution is -2.37. The summed E-state index contributed by atoms with van der Waals surface area (Å²) in [7, 11) is 0.